The molecule has 3 rings (SSSR count). The number of primary amides is 1. The van der Waals surface area contributed by atoms with Crippen molar-refractivity contribution in [1.82, 2.24) is 16.0 Å². The number of thioether (sulfide) groups is 1. The number of anilines is 4. The molecule has 374 valence electrons. The van der Waals surface area contributed by atoms with Crippen LogP contribution in [-0.4, -0.2) is 71.8 Å². The molecular formula is C44H56F6N8O9S. The maximum Gasteiger partial charge on any atom is 0.437 e. The van der Waals surface area contributed by atoms with E-state index in [1.807, 2.05) is 0 Å². The number of benzene rings is 3. The zero-order valence-corrected chi connectivity index (χ0v) is 39.7. The van der Waals surface area contributed by atoms with Crippen molar-refractivity contribution in [2.24, 2.45) is 10.7 Å². The molecule has 68 heavy (non-hydrogen) atoms. The quantitative estimate of drug-likeness (QED) is 0.0168. The van der Waals surface area contributed by atoms with Crippen LogP contribution in [0.1, 0.15) is 92.7 Å². The number of carbonyl (C=O) groups is 5. The van der Waals surface area contributed by atoms with Gasteiger partial charge in [-0.1, -0.05) is 0 Å². The molecule has 0 bridgehead atoms. The standard InChI is InChI=1S/C44H56F6N8O9S/c1-40(2,3)65-37(61)54-18-19-68-34-31(55-33(59)12-10-11-17-53-36(56-38(62)66-41(4,5)6)57-39(63)67-42(7,8)9)22-26(44(48,49)50)23-32(34)58(35(52)60)28-13-15-29(16-14-28)64-30-21-25(43(45,46)47)20-27(51)24-30/h13-16,20-24H,10-12,17-19,51H2,1-9H3,(H2,52,60)(H,54,61)(H,55,59)(H2,53,56,57,62,63). The van der Waals surface area contributed by atoms with Gasteiger partial charge in [-0.25, -0.2) is 19.2 Å². The van der Waals surface area contributed by atoms with Crippen molar-refractivity contribution >= 4 is 70.7 Å². The van der Waals surface area contributed by atoms with Crippen LogP contribution in [0.2, 0.25) is 0 Å². The summed E-state index contributed by atoms with van der Waals surface area (Å²) in [5.41, 5.74) is 5.29. The number of nitrogens with zero attached hydrogens (tertiary/aromatic N) is 2. The lowest BCUT2D eigenvalue weighted by Gasteiger charge is -2.27. The lowest BCUT2D eigenvalue weighted by molar-refractivity contribution is -0.138. The molecule has 3 aromatic carbocycles. The normalized spacial score (nSPS) is 12.4. The third-order valence-corrected chi connectivity index (χ3v) is 9.20. The second-order valence-electron chi connectivity index (χ2n) is 17.7. The Hall–Kier alpha value is -6.59. The molecule has 0 saturated carbocycles. The van der Waals surface area contributed by atoms with E-state index in [4.69, 9.17) is 30.4 Å². The summed E-state index contributed by atoms with van der Waals surface area (Å²) in [6.07, 6.45) is -12.4. The van der Waals surface area contributed by atoms with Crippen molar-refractivity contribution in [2.75, 3.05) is 34.8 Å². The second kappa shape index (κ2) is 22.9. The van der Waals surface area contributed by atoms with E-state index >= 15 is 0 Å². The Morgan fingerprint density at radius 2 is 1.26 bits per heavy atom. The van der Waals surface area contributed by atoms with Gasteiger partial charge in [0.05, 0.1) is 33.1 Å². The zero-order valence-electron chi connectivity index (χ0n) is 38.8. The number of amides is 6. The molecule has 0 aromatic heterocycles. The van der Waals surface area contributed by atoms with Gasteiger partial charge in [-0.2, -0.15) is 26.3 Å². The number of nitrogens with one attached hydrogen (secondary N) is 4. The van der Waals surface area contributed by atoms with E-state index in [9.17, 15) is 50.3 Å². The molecule has 0 aliphatic carbocycles. The van der Waals surface area contributed by atoms with Crippen LogP contribution < -0.4 is 42.4 Å². The molecule has 3 aromatic rings. The van der Waals surface area contributed by atoms with E-state index in [1.54, 1.807) is 62.3 Å². The largest absolute Gasteiger partial charge is 0.457 e. The monoisotopic (exact) mass is 986 g/mol. The van der Waals surface area contributed by atoms with Gasteiger partial charge in [0.25, 0.3) is 0 Å². The van der Waals surface area contributed by atoms with Crippen LogP contribution in [-0.2, 0) is 31.4 Å². The summed E-state index contributed by atoms with van der Waals surface area (Å²) in [5.74, 6) is -1.41. The number of hydrogen-bond donors (Lipinski definition) is 6. The van der Waals surface area contributed by atoms with Crippen molar-refractivity contribution in [3.8, 4) is 11.5 Å². The van der Waals surface area contributed by atoms with Gasteiger partial charge in [0, 0.05) is 37.0 Å². The molecule has 24 heteroatoms. The van der Waals surface area contributed by atoms with Crippen molar-refractivity contribution in [1.29, 1.82) is 0 Å². The fourth-order valence-corrected chi connectivity index (χ4v) is 6.53. The smallest absolute Gasteiger partial charge is 0.437 e. The second-order valence-corrected chi connectivity index (χ2v) is 18.8. The minimum atomic E-state index is -5.03. The molecule has 0 fully saturated rings. The highest BCUT2D eigenvalue weighted by Crippen LogP contribution is 2.45. The van der Waals surface area contributed by atoms with Gasteiger partial charge in [-0.05, 0) is 124 Å². The number of unbranched alkanes of at least 4 members (excludes halogenated alkanes) is 1. The number of carbonyl (C=O) groups excluding carboxylic acids is 5. The number of urea groups is 1. The highest BCUT2D eigenvalue weighted by atomic mass is 32.2. The van der Waals surface area contributed by atoms with E-state index in [2.05, 4.69) is 26.3 Å². The van der Waals surface area contributed by atoms with Crippen LogP contribution in [0.15, 0.2) is 64.5 Å². The number of guanidine groups is 1. The highest BCUT2D eigenvalue weighted by molar-refractivity contribution is 7.99. The van der Waals surface area contributed by atoms with E-state index in [1.165, 1.54) is 24.3 Å². The number of alkyl halides is 6. The first kappa shape index (κ1) is 55.7. The molecule has 0 aliphatic rings. The van der Waals surface area contributed by atoms with Crippen molar-refractivity contribution in [2.45, 2.75) is 116 Å². The molecule has 0 spiro atoms. The maximum absolute atomic E-state index is 14.6. The number of ether oxygens (including phenoxy) is 4. The molecular weight excluding hydrogens is 931 g/mol. The number of nitrogen functional groups attached to an aromatic ring is 1. The lowest BCUT2D eigenvalue weighted by atomic mass is 10.1. The van der Waals surface area contributed by atoms with Crippen molar-refractivity contribution in [3.63, 3.8) is 0 Å². The predicted octanol–water partition coefficient (Wildman–Crippen LogP) is 10.4. The Kier molecular flexibility index (Phi) is 18.8. The Morgan fingerprint density at radius 1 is 0.691 bits per heavy atom. The van der Waals surface area contributed by atoms with Gasteiger partial charge in [0.15, 0.2) is 0 Å². The van der Waals surface area contributed by atoms with Gasteiger partial charge in [-0.3, -0.25) is 15.0 Å². The Morgan fingerprint density at radius 3 is 1.82 bits per heavy atom. The molecule has 0 heterocycles. The van der Waals surface area contributed by atoms with Gasteiger partial charge >= 0.3 is 36.7 Å². The molecule has 0 radical (unpaired) electrons. The van der Waals surface area contributed by atoms with Gasteiger partial charge in [-0.15, -0.1) is 16.8 Å². The number of nitrogens with two attached hydrogens (primary N) is 2. The zero-order chi connectivity index (χ0) is 51.4. The van der Waals surface area contributed by atoms with Gasteiger partial charge < -0.3 is 46.4 Å². The van der Waals surface area contributed by atoms with Crippen LogP contribution in [0.3, 0.4) is 0 Å². The van der Waals surface area contributed by atoms with Gasteiger partial charge in [0.1, 0.15) is 28.3 Å². The highest BCUT2D eigenvalue weighted by Gasteiger charge is 2.35. The summed E-state index contributed by atoms with van der Waals surface area (Å²) in [7, 11) is 0. The van der Waals surface area contributed by atoms with Crippen LogP contribution in [0.4, 0.5) is 68.3 Å². The van der Waals surface area contributed by atoms with Crippen LogP contribution in [0.5, 0.6) is 11.5 Å². The van der Waals surface area contributed by atoms with E-state index in [-0.39, 0.29) is 77.5 Å². The van der Waals surface area contributed by atoms with Gasteiger partial charge in [0.2, 0.25) is 11.9 Å². The van der Waals surface area contributed by atoms with Crippen molar-refractivity contribution < 1.29 is 69.3 Å². The first-order valence-corrected chi connectivity index (χ1v) is 21.7. The Balaban J connectivity index is 1.95. The van der Waals surface area contributed by atoms with Crippen LogP contribution in [0.25, 0.3) is 0 Å². The number of rotatable bonds is 14. The predicted molar refractivity (Wildman–Crippen MR) is 244 cm³/mol. The Labute approximate surface area is 393 Å². The average molecular weight is 987 g/mol. The molecule has 8 N–H and O–H groups in total. The summed E-state index contributed by atoms with van der Waals surface area (Å²) in [6, 6.07) is 7.51. The van der Waals surface area contributed by atoms with Crippen LogP contribution >= 0.6 is 11.8 Å². The SMILES string of the molecule is CC(C)(C)OC(=O)N=C(NCCCCC(=O)Nc1cc(C(F)(F)F)cc(N(C(N)=O)c2ccc(Oc3cc(N)cc(C(F)(F)F)c3)cc2)c1SCCNC(=O)OC(C)(C)C)NC(=O)OC(C)(C)C. The third kappa shape index (κ3) is 19.7. The molecule has 0 saturated heterocycles. The van der Waals surface area contributed by atoms with Crippen LogP contribution in [0, 0.1) is 0 Å². The fraction of sp³-hybridized carbons (Fsp3) is 0.455. The van der Waals surface area contributed by atoms with E-state index in [0.717, 1.165) is 22.7 Å². The summed E-state index contributed by atoms with van der Waals surface area (Å²) < 4.78 is 105. The lowest BCUT2D eigenvalue weighted by Crippen LogP contribution is -2.44. The fourth-order valence-electron chi connectivity index (χ4n) is 5.56. The summed E-state index contributed by atoms with van der Waals surface area (Å²) >= 11 is 0.860. The van der Waals surface area contributed by atoms with E-state index in [0.29, 0.717) is 24.3 Å². The third-order valence-electron chi connectivity index (χ3n) is 8.07. The molecule has 6 amide bonds. The first-order valence-electron chi connectivity index (χ1n) is 20.7. The summed E-state index contributed by atoms with van der Waals surface area (Å²) in [4.78, 5) is 68.3. The number of halogens is 6. The number of alkyl carbamates (subject to hydrolysis) is 2. The van der Waals surface area contributed by atoms with E-state index < -0.39 is 76.2 Å². The molecule has 0 atom stereocenters. The number of hydrogen-bond acceptors (Lipinski definition) is 11. The summed E-state index contributed by atoms with van der Waals surface area (Å²) in [6.45, 7) is 14.6. The maximum atomic E-state index is 14.6. The molecule has 0 aliphatic heterocycles. The number of aliphatic imine (C=N–C) groups is 1. The molecule has 0 unspecified atom stereocenters. The van der Waals surface area contributed by atoms with Crippen molar-refractivity contribution in [3.05, 3.63) is 65.7 Å². The molecule has 17 nitrogen and oxygen atoms in total. The minimum absolute atomic E-state index is 0.0316. The summed E-state index contributed by atoms with van der Waals surface area (Å²) in [5, 5.41) is 10.1. The Bertz CT molecular complexity index is 2310. The minimum Gasteiger partial charge on any atom is -0.457 e. The topological polar surface area (TPSA) is 238 Å². The average Bonchev–Trinajstić information content (AvgIpc) is 3.14. The first-order chi connectivity index (χ1) is 31.2.